The Morgan fingerprint density at radius 2 is 1.81 bits per heavy atom. The number of nitrogens with one attached hydrogen (secondary N) is 1. The van der Waals surface area contributed by atoms with Gasteiger partial charge in [0.2, 0.25) is 5.91 Å². The van der Waals surface area contributed by atoms with Crippen LogP contribution in [0.15, 0.2) is 78.5 Å². The molecule has 0 unspecified atom stereocenters. The van der Waals surface area contributed by atoms with Crippen molar-refractivity contribution in [1.82, 2.24) is 14.8 Å². The molecule has 3 aromatic rings. The van der Waals surface area contributed by atoms with Crippen LogP contribution in [0.2, 0.25) is 0 Å². The maximum atomic E-state index is 12.5. The van der Waals surface area contributed by atoms with E-state index in [1.807, 2.05) is 72.2 Å². The van der Waals surface area contributed by atoms with Crippen molar-refractivity contribution in [2.24, 2.45) is 0 Å². The Balaban J connectivity index is 1.77. The summed E-state index contributed by atoms with van der Waals surface area (Å²) in [6, 6.07) is 19.3. The van der Waals surface area contributed by atoms with E-state index >= 15 is 0 Å². The largest absolute Gasteiger partial charge is 0.325 e. The van der Waals surface area contributed by atoms with Crippen LogP contribution >= 0.6 is 11.8 Å². The van der Waals surface area contributed by atoms with E-state index in [-0.39, 0.29) is 11.2 Å². The summed E-state index contributed by atoms with van der Waals surface area (Å²) in [5.74, 6) is 0.694. The van der Waals surface area contributed by atoms with Gasteiger partial charge in [-0.2, -0.15) is 0 Å². The normalized spacial score (nSPS) is 11.7. The molecule has 3 rings (SSSR count). The number of nitrogens with zero attached hydrogens (tertiary/aromatic N) is 3. The molecule has 0 fully saturated rings. The molecule has 26 heavy (non-hydrogen) atoms. The second-order valence-electron chi connectivity index (χ2n) is 5.69. The summed E-state index contributed by atoms with van der Waals surface area (Å²) in [5.41, 5.74) is 1.76. The van der Waals surface area contributed by atoms with Gasteiger partial charge >= 0.3 is 0 Å². The van der Waals surface area contributed by atoms with Crippen molar-refractivity contribution in [1.29, 1.82) is 0 Å². The fourth-order valence-electron chi connectivity index (χ4n) is 2.45. The summed E-state index contributed by atoms with van der Waals surface area (Å²) in [6.45, 7) is 6.25. The zero-order valence-corrected chi connectivity index (χ0v) is 15.3. The summed E-state index contributed by atoms with van der Waals surface area (Å²) in [6.07, 6.45) is 1.80. The van der Waals surface area contributed by atoms with Gasteiger partial charge < -0.3 is 5.32 Å². The number of benzene rings is 2. The van der Waals surface area contributed by atoms with E-state index in [9.17, 15) is 4.79 Å². The average Bonchev–Trinajstić information content (AvgIpc) is 3.06. The van der Waals surface area contributed by atoms with Gasteiger partial charge in [0.05, 0.1) is 5.25 Å². The predicted molar refractivity (Wildman–Crippen MR) is 106 cm³/mol. The number of carbonyl (C=O) groups excluding carboxylic acids is 1. The third-order valence-corrected chi connectivity index (χ3v) is 4.83. The van der Waals surface area contributed by atoms with Crippen molar-refractivity contribution in [3.8, 4) is 11.4 Å². The second kappa shape index (κ2) is 8.49. The highest BCUT2D eigenvalue weighted by molar-refractivity contribution is 8.00. The van der Waals surface area contributed by atoms with Gasteiger partial charge in [-0.3, -0.25) is 9.36 Å². The molecular formula is C20H20N4OS. The van der Waals surface area contributed by atoms with E-state index in [4.69, 9.17) is 0 Å². The molecular weight excluding hydrogens is 344 g/mol. The van der Waals surface area contributed by atoms with Gasteiger partial charge in [-0.15, -0.1) is 16.8 Å². The third-order valence-electron chi connectivity index (χ3n) is 3.75. The van der Waals surface area contributed by atoms with E-state index in [1.165, 1.54) is 11.8 Å². The fourth-order valence-corrected chi connectivity index (χ4v) is 3.31. The first-order valence-corrected chi connectivity index (χ1v) is 9.19. The summed E-state index contributed by atoms with van der Waals surface area (Å²) >= 11 is 1.38. The molecule has 0 radical (unpaired) electrons. The van der Waals surface area contributed by atoms with Crippen molar-refractivity contribution >= 4 is 23.4 Å². The van der Waals surface area contributed by atoms with Crippen molar-refractivity contribution in [2.75, 3.05) is 5.32 Å². The highest BCUT2D eigenvalue weighted by Gasteiger charge is 2.20. The monoisotopic (exact) mass is 364 g/mol. The Bertz CT molecular complexity index is 877. The number of amides is 1. The number of aromatic nitrogens is 3. The lowest BCUT2D eigenvalue weighted by Crippen LogP contribution is -2.22. The number of thioether (sulfide) groups is 1. The molecule has 0 saturated heterocycles. The zero-order chi connectivity index (χ0) is 18.4. The molecule has 0 bridgehead atoms. The van der Waals surface area contributed by atoms with Gasteiger partial charge in [-0.25, -0.2) is 0 Å². The lowest BCUT2D eigenvalue weighted by atomic mass is 10.2. The van der Waals surface area contributed by atoms with Crippen LogP contribution in [0.1, 0.15) is 6.92 Å². The van der Waals surface area contributed by atoms with E-state index in [1.54, 1.807) is 6.08 Å². The minimum atomic E-state index is -0.313. The van der Waals surface area contributed by atoms with Gasteiger partial charge in [-0.1, -0.05) is 66.4 Å². The molecule has 0 spiro atoms. The third kappa shape index (κ3) is 4.21. The number of carbonyl (C=O) groups is 1. The molecule has 0 aliphatic carbocycles. The maximum Gasteiger partial charge on any atom is 0.237 e. The number of rotatable bonds is 7. The predicted octanol–water partition coefficient (Wildman–Crippen LogP) is 4.25. The molecule has 1 amide bonds. The standard InChI is InChI=1S/C20H20N4OS/c1-3-14-24-18(16-10-6-4-7-11-16)22-23-20(24)26-15(2)19(25)21-17-12-8-5-9-13-17/h3-13,15H,1,14H2,2H3,(H,21,25)/t15-/m1/s1. The Morgan fingerprint density at radius 1 is 1.15 bits per heavy atom. The Morgan fingerprint density at radius 3 is 2.46 bits per heavy atom. The molecule has 5 nitrogen and oxygen atoms in total. The maximum absolute atomic E-state index is 12.5. The Kier molecular flexibility index (Phi) is 5.86. The molecule has 1 heterocycles. The number of para-hydroxylation sites is 1. The second-order valence-corrected chi connectivity index (χ2v) is 6.99. The van der Waals surface area contributed by atoms with Gasteiger partial charge in [0, 0.05) is 17.8 Å². The van der Waals surface area contributed by atoms with Crippen molar-refractivity contribution in [3.05, 3.63) is 73.3 Å². The number of anilines is 1. The van der Waals surface area contributed by atoms with Crippen LogP contribution in [0, 0.1) is 0 Å². The summed E-state index contributed by atoms with van der Waals surface area (Å²) in [5, 5.41) is 11.9. The van der Waals surface area contributed by atoms with Crippen LogP contribution in [-0.4, -0.2) is 25.9 Å². The van der Waals surface area contributed by atoms with Gasteiger partial charge in [-0.05, 0) is 19.1 Å². The van der Waals surface area contributed by atoms with E-state index in [0.717, 1.165) is 17.1 Å². The first-order valence-electron chi connectivity index (χ1n) is 8.31. The van der Waals surface area contributed by atoms with Crippen LogP contribution < -0.4 is 5.32 Å². The zero-order valence-electron chi connectivity index (χ0n) is 14.5. The van der Waals surface area contributed by atoms with Gasteiger partial charge in [0.15, 0.2) is 11.0 Å². The van der Waals surface area contributed by atoms with Crippen LogP contribution in [0.4, 0.5) is 5.69 Å². The number of hydrogen-bond acceptors (Lipinski definition) is 4. The van der Waals surface area contributed by atoms with E-state index in [0.29, 0.717) is 11.7 Å². The Hall–Kier alpha value is -2.86. The summed E-state index contributed by atoms with van der Waals surface area (Å²) in [4.78, 5) is 12.5. The number of hydrogen-bond donors (Lipinski definition) is 1. The van der Waals surface area contributed by atoms with Crippen LogP contribution in [-0.2, 0) is 11.3 Å². The van der Waals surface area contributed by atoms with Crippen molar-refractivity contribution in [3.63, 3.8) is 0 Å². The van der Waals surface area contributed by atoms with Crippen LogP contribution in [0.5, 0.6) is 0 Å². The lowest BCUT2D eigenvalue weighted by Gasteiger charge is -2.13. The van der Waals surface area contributed by atoms with Crippen LogP contribution in [0.25, 0.3) is 11.4 Å². The van der Waals surface area contributed by atoms with Gasteiger partial charge in [0.25, 0.3) is 0 Å². The number of allylic oxidation sites excluding steroid dienone is 1. The molecule has 1 aromatic heterocycles. The smallest absolute Gasteiger partial charge is 0.237 e. The van der Waals surface area contributed by atoms with E-state index in [2.05, 4.69) is 22.1 Å². The molecule has 6 heteroatoms. The summed E-state index contributed by atoms with van der Waals surface area (Å²) in [7, 11) is 0. The molecule has 0 aliphatic rings. The minimum absolute atomic E-state index is 0.0735. The molecule has 1 atom stereocenters. The topological polar surface area (TPSA) is 59.8 Å². The lowest BCUT2D eigenvalue weighted by molar-refractivity contribution is -0.115. The van der Waals surface area contributed by atoms with Crippen molar-refractivity contribution < 1.29 is 4.79 Å². The van der Waals surface area contributed by atoms with E-state index < -0.39 is 0 Å². The van der Waals surface area contributed by atoms with Crippen LogP contribution in [0.3, 0.4) is 0 Å². The quantitative estimate of drug-likeness (QED) is 0.503. The average molecular weight is 364 g/mol. The molecule has 132 valence electrons. The Labute approximate surface area is 157 Å². The molecule has 2 aromatic carbocycles. The SMILES string of the molecule is C=CCn1c(S[C@H](C)C(=O)Nc2ccccc2)nnc1-c1ccccc1. The fraction of sp³-hybridized carbons (Fsp3) is 0.150. The minimum Gasteiger partial charge on any atom is -0.325 e. The van der Waals surface area contributed by atoms with Crippen molar-refractivity contribution in [2.45, 2.75) is 23.9 Å². The summed E-state index contributed by atoms with van der Waals surface area (Å²) < 4.78 is 1.97. The molecule has 0 saturated carbocycles. The van der Waals surface area contributed by atoms with Gasteiger partial charge in [0.1, 0.15) is 0 Å². The molecule has 0 aliphatic heterocycles. The first kappa shape index (κ1) is 17.9. The highest BCUT2D eigenvalue weighted by atomic mass is 32.2. The molecule has 1 N–H and O–H groups in total. The first-order chi connectivity index (χ1) is 12.7. The highest BCUT2D eigenvalue weighted by Crippen LogP contribution is 2.27.